The van der Waals surface area contributed by atoms with Crippen molar-refractivity contribution in [2.24, 2.45) is 5.92 Å². The number of anilines is 2. The largest absolute Gasteiger partial charge is 0.478 e. The Labute approximate surface area is 156 Å². The Morgan fingerprint density at radius 2 is 2.04 bits per heavy atom. The summed E-state index contributed by atoms with van der Waals surface area (Å²) in [7, 11) is 0. The molecular weight excluding hydrogens is 354 g/mol. The van der Waals surface area contributed by atoms with Crippen molar-refractivity contribution in [1.29, 1.82) is 0 Å². The number of piperidine rings is 1. The molecule has 0 spiro atoms. The van der Waals surface area contributed by atoms with E-state index in [0.29, 0.717) is 28.0 Å². The zero-order valence-corrected chi connectivity index (χ0v) is 15.2. The van der Waals surface area contributed by atoms with E-state index >= 15 is 0 Å². The molecule has 1 unspecified atom stereocenters. The van der Waals surface area contributed by atoms with Crippen LogP contribution in [0.15, 0.2) is 36.5 Å². The molecule has 2 aromatic rings. The lowest BCUT2D eigenvalue weighted by Gasteiger charge is -2.32. The molecule has 1 aliphatic heterocycles. The van der Waals surface area contributed by atoms with Gasteiger partial charge in [0, 0.05) is 23.7 Å². The highest BCUT2D eigenvalue weighted by Gasteiger charge is 2.23. The van der Waals surface area contributed by atoms with Gasteiger partial charge in [-0.2, -0.15) is 0 Å². The highest BCUT2D eigenvalue weighted by atomic mass is 35.5. The topological polar surface area (TPSA) is 82.5 Å². The van der Waals surface area contributed by atoms with Gasteiger partial charge in [0.1, 0.15) is 11.4 Å². The van der Waals surface area contributed by atoms with Crippen LogP contribution in [0.4, 0.5) is 11.5 Å². The van der Waals surface area contributed by atoms with Crippen molar-refractivity contribution in [3.8, 4) is 0 Å². The van der Waals surface area contributed by atoms with E-state index in [0.717, 1.165) is 25.9 Å². The van der Waals surface area contributed by atoms with Crippen molar-refractivity contribution < 1.29 is 14.7 Å². The average molecular weight is 374 g/mol. The molecule has 7 heteroatoms. The van der Waals surface area contributed by atoms with E-state index < -0.39 is 5.97 Å². The first-order valence-electron chi connectivity index (χ1n) is 8.49. The van der Waals surface area contributed by atoms with Gasteiger partial charge >= 0.3 is 5.97 Å². The number of aromatic nitrogens is 1. The van der Waals surface area contributed by atoms with E-state index in [2.05, 4.69) is 17.2 Å². The number of pyridine rings is 1. The third-order valence-corrected chi connectivity index (χ3v) is 4.67. The van der Waals surface area contributed by atoms with Crippen LogP contribution in [0.25, 0.3) is 0 Å². The molecule has 26 heavy (non-hydrogen) atoms. The molecule has 3 rings (SSSR count). The Morgan fingerprint density at radius 3 is 2.69 bits per heavy atom. The van der Waals surface area contributed by atoms with E-state index in [9.17, 15) is 14.7 Å². The summed E-state index contributed by atoms with van der Waals surface area (Å²) >= 11 is 5.82. The molecule has 0 radical (unpaired) electrons. The van der Waals surface area contributed by atoms with Crippen molar-refractivity contribution in [3.63, 3.8) is 0 Å². The minimum absolute atomic E-state index is 0.0907. The Kier molecular flexibility index (Phi) is 5.42. The van der Waals surface area contributed by atoms with Crippen LogP contribution in [-0.2, 0) is 0 Å². The molecule has 1 fully saturated rings. The summed E-state index contributed by atoms with van der Waals surface area (Å²) in [5.41, 5.74) is 0.865. The monoisotopic (exact) mass is 373 g/mol. The summed E-state index contributed by atoms with van der Waals surface area (Å²) in [6.45, 7) is 3.71. The highest BCUT2D eigenvalue weighted by Crippen LogP contribution is 2.26. The third kappa shape index (κ3) is 4.14. The highest BCUT2D eigenvalue weighted by molar-refractivity contribution is 6.30. The van der Waals surface area contributed by atoms with Gasteiger partial charge in [-0.3, -0.25) is 4.79 Å². The van der Waals surface area contributed by atoms with Crippen molar-refractivity contribution in [1.82, 2.24) is 4.98 Å². The van der Waals surface area contributed by atoms with E-state index in [-0.39, 0.29) is 11.5 Å². The molecule has 1 amide bonds. The smallest absolute Gasteiger partial charge is 0.339 e. The lowest BCUT2D eigenvalue weighted by Crippen LogP contribution is -2.36. The molecule has 0 bridgehead atoms. The van der Waals surface area contributed by atoms with Crippen LogP contribution >= 0.6 is 11.6 Å². The van der Waals surface area contributed by atoms with Crippen LogP contribution in [0.3, 0.4) is 0 Å². The van der Waals surface area contributed by atoms with Crippen molar-refractivity contribution in [2.75, 3.05) is 23.3 Å². The average Bonchev–Trinajstić information content (AvgIpc) is 2.62. The normalized spacial score (nSPS) is 17.0. The number of rotatable bonds is 4. The van der Waals surface area contributed by atoms with Crippen molar-refractivity contribution in [2.45, 2.75) is 19.8 Å². The Hall–Kier alpha value is -2.60. The fourth-order valence-electron chi connectivity index (χ4n) is 3.12. The van der Waals surface area contributed by atoms with Gasteiger partial charge in [0.05, 0.1) is 11.9 Å². The van der Waals surface area contributed by atoms with Gasteiger partial charge in [-0.15, -0.1) is 0 Å². The van der Waals surface area contributed by atoms with E-state index in [1.165, 1.54) is 12.3 Å². The molecule has 0 aliphatic carbocycles. The summed E-state index contributed by atoms with van der Waals surface area (Å²) < 4.78 is 0. The Morgan fingerprint density at radius 1 is 1.31 bits per heavy atom. The molecule has 1 aromatic heterocycles. The summed E-state index contributed by atoms with van der Waals surface area (Å²) in [4.78, 5) is 30.3. The number of carbonyl (C=O) groups excluding carboxylic acids is 1. The van der Waals surface area contributed by atoms with E-state index in [4.69, 9.17) is 11.6 Å². The number of benzene rings is 1. The van der Waals surface area contributed by atoms with E-state index in [1.54, 1.807) is 24.3 Å². The number of nitrogens with zero attached hydrogens (tertiary/aromatic N) is 2. The number of nitrogens with one attached hydrogen (secondary N) is 1. The molecule has 1 saturated heterocycles. The second-order valence-corrected chi connectivity index (χ2v) is 6.99. The lowest BCUT2D eigenvalue weighted by molar-refractivity contribution is 0.0696. The second-order valence-electron chi connectivity index (χ2n) is 6.55. The van der Waals surface area contributed by atoms with Gasteiger partial charge in [0.15, 0.2) is 0 Å². The minimum Gasteiger partial charge on any atom is -0.478 e. The Balaban J connectivity index is 1.83. The zero-order chi connectivity index (χ0) is 18.7. The maximum Gasteiger partial charge on any atom is 0.339 e. The number of hydrogen-bond donors (Lipinski definition) is 2. The predicted molar refractivity (Wildman–Crippen MR) is 101 cm³/mol. The Bertz CT molecular complexity index is 823. The first-order valence-corrected chi connectivity index (χ1v) is 8.87. The second kappa shape index (κ2) is 7.74. The van der Waals surface area contributed by atoms with Gasteiger partial charge in [-0.25, -0.2) is 9.78 Å². The number of hydrogen-bond acceptors (Lipinski definition) is 4. The summed E-state index contributed by atoms with van der Waals surface area (Å²) in [5.74, 6) is -0.461. The molecule has 136 valence electrons. The molecule has 2 N–H and O–H groups in total. The molecule has 6 nitrogen and oxygen atoms in total. The molecule has 0 saturated carbocycles. The fraction of sp³-hybridized carbons (Fsp3) is 0.316. The molecule has 1 aromatic carbocycles. The number of aromatic carboxylic acids is 1. The lowest BCUT2D eigenvalue weighted by atomic mass is 10.00. The summed E-state index contributed by atoms with van der Waals surface area (Å²) in [6, 6.07) is 7.91. The van der Waals surface area contributed by atoms with Gasteiger partial charge in [0.25, 0.3) is 5.91 Å². The van der Waals surface area contributed by atoms with Crippen LogP contribution in [0.1, 0.15) is 40.5 Å². The first kappa shape index (κ1) is 18.2. The van der Waals surface area contributed by atoms with Crippen LogP contribution in [0.2, 0.25) is 5.02 Å². The van der Waals surface area contributed by atoms with Crippen LogP contribution in [0.5, 0.6) is 0 Å². The zero-order valence-electron chi connectivity index (χ0n) is 14.4. The van der Waals surface area contributed by atoms with Crippen LogP contribution in [-0.4, -0.2) is 35.1 Å². The summed E-state index contributed by atoms with van der Waals surface area (Å²) in [5, 5.41) is 12.8. The van der Waals surface area contributed by atoms with E-state index in [1.807, 2.05) is 4.90 Å². The van der Waals surface area contributed by atoms with Crippen LogP contribution < -0.4 is 10.2 Å². The number of carbonyl (C=O) groups is 2. The maximum atomic E-state index is 12.3. The van der Waals surface area contributed by atoms with Crippen molar-refractivity contribution >= 4 is 35.0 Å². The maximum absolute atomic E-state index is 12.3. The minimum atomic E-state index is -1.06. The molecular formula is C19H20ClN3O3. The first-order chi connectivity index (χ1) is 12.4. The predicted octanol–water partition coefficient (Wildman–Crippen LogP) is 3.92. The van der Waals surface area contributed by atoms with Gasteiger partial charge in [-0.05, 0) is 49.1 Å². The third-order valence-electron chi connectivity index (χ3n) is 4.42. The standard InChI is InChI=1S/C19H20ClN3O3/c1-12-3-2-8-23(11-12)17-16(19(25)26)9-15(10-21-17)22-18(24)13-4-6-14(20)7-5-13/h4-7,9-10,12H,2-3,8,11H2,1H3,(H,22,24)(H,25,26). The summed E-state index contributed by atoms with van der Waals surface area (Å²) in [6.07, 6.45) is 3.64. The van der Waals surface area contributed by atoms with Crippen LogP contribution in [0, 0.1) is 5.92 Å². The number of carboxylic acids is 1. The number of halogens is 1. The van der Waals surface area contributed by atoms with Gasteiger partial charge < -0.3 is 15.3 Å². The SMILES string of the molecule is CC1CCCN(c2ncc(NC(=O)c3ccc(Cl)cc3)cc2C(=O)O)C1. The molecule has 1 atom stereocenters. The molecule has 2 heterocycles. The van der Waals surface area contributed by atoms with Crippen molar-refractivity contribution in [3.05, 3.63) is 52.7 Å². The quantitative estimate of drug-likeness (QED) is 0.848. The van der Waals surface area contributed by atoms with Gasteiger partial charge in [-0.1, -0.05) is 18.5 Å². The number of carboxylic acid groups (broad SMARTS) is 1. The van der Waals surface area contributed by atoms with Gasteiger partial charge in [0.2, 0.25) is 0 Å². The molecule has 1 aliphatic rings. The fourth-order valence-corrected chi connectivity index (χ4v) is 3.25. The number of amides is 1.